The van der Waals surface area contributed by atoms with Gasteiger partial charge < -0.3 is 10.5 Å². The van der Waals surface area contributed by atoms with E-state index < -0.39 is 0 Å². The number of nitrogens with zero attached hydrogens (tertiary/aromatic N) is 1. The Bertz CT molecular complexity index is 582. The second-order valence-electron chi connectivity index (χ2n) is 4.05. The van der Waals surface area contributed by atoms with Gasteiger partial charge in [-0.3, -0.25) is 0 Å². The molecule has 2 N–H and O–H groups in total. The van der Waals surface area contributed by atoms with Gasteiger partial charge in [-0.15, -0.1) is 0 Å². The van der Waals surface area contributed by atoms with Crippen LogP contribution in [0.4, 0.5) is 5.69 Å². The largest absolute Gasteiger partial charge is 0.399 e. The summed E-state index contributed by atoms with van der Waals surface area (Å²) in [5.41, 5.74) is 9.88. The molecule has 0 spiro atoms. The molecule has 0 aliphatic heterocycles. The fourth-order valence-corrected chi connectivity index (χ4v) is 1.85. The molecule has 0 saturated carbocycles. The molecule has 0 fully saturated rings. The number of hydrogen-bond donors (Lipinski definition) is 1. The van der Waals surface area contributed by atoms with E-state index in [1.54, 1.807) is 19.2 Å². The van der Waals surface area contributed by atoms with Crippen LogP contribution in [0, 0.1) is 11.3 Å². The maximum atomic E-state index is 9.12. The summed E-state index contributed by atoms with van der Waals surface area (Å²) in [5, 5.41) is 9.12. The van der Waals surface area contributed by atoms with Crippen molar-refractivity contribution in [2.75, 3.05) is 12.8 Å². The normalized spacial score (nSPS) is 10.0. The van der Waals surface area contributed by atoms with Gasteiger partial charge >= 0.3 is 0 Å². The molecule has 0 heterocycles. The lowest BCUT2D eigenvalue weighted by Gasteiger charge is -2.06. The van der Waals surface area contributed by atoms with Crippen LogP contribution >= 0.6 is 0 Å². The lowest BCUT2D eigenvalue weighted by molar-refractivity contribution is 0.185. The number of ether oxygens (including phenoxy) is 1. The van der Waals surface area contributed by atoms with Gasteiger partial charge in [0.25, 0.3) is 0 Å². The van der Waals surface area contributed by atoms with E-state index in [0.29, 0.717) is 17.9 Å². The second-order valence-corrected chi connectivity index (χ2v) is 4.05. The van der Waals surface area contributed by atoms with Crippen molar-refractivity contribution in [1.82, 2.24) is 0 Å². The molecule has 18 heavy (non-hydrogen) atoms. The van der Waals surface area contributed by atoms with Crippen LogP contribution in [-0.2, 0) is 11.3 Å². The molecule has 0 amide bonds. The zero-order valence-electron chi connectivity index (χ0n) is 10.2. The number of nitrogens with two attached hydrogens (primary N) is 1. The van der Waals surface area contributed by atoms with Crippen LogP contribution in [-0.4, -0.2) is 7.11 Å². The second kappa shape index (κ2) is 5.35. The highest BCUT2D eigenvalue weighted by Gasteiger charge is 2.05. The van der Waals surface area contributed by atoms with E-state index in [1.165, 1.54) is 0 Å². The van der Waals surface area contributed by atoms with E-state index in [1.807, 2.05) is 30.3 Å². The molecule has 2 aromatic carbocycles. The highest BCUT2D eigenvalue weighted by Crippen LogP contribution is 2.25. The molecule has 0 unspecified atom stereocenters. The van der Waals surface area contributed by atoms with E-state index in [9.17, 15) is 0 Å². The molecule has 3 nitrogen and oxygen atoms in total. The van der Waals surface area contributed by atoms with Crippen molar-refractivity contribution < 1.29 is 4.74 Å². The third kappa shape index (κ3) is 2.50. The van der Waals surface area contributed by atoms with Crippen molar-refractivity contribution in [2.24, 2.45) is 0 Å². The molecule has 90 valence electrons. The van der Waals surface area contributed by atoms with E-state index in [4.69, 9.17) is 15.7 Å². The summed E-state index contributed by atoms with van der Waals surface area (Å²) >= 11 is 0. The first kappa shape index (κ1) is 12.2. The molecule has 0 bridgehead atoms. The standard InChI is InChI=1S/C15H14N2O/c1-18-10-11-2-4-12(5-3-11)15-7-6-14(17)8-13(15)9-16/h2-8H,10,17H2,1H3. The van der Waals surface area contributed by atoms with Gasteiger partial charge in [-0.1, -0.05) is 30.3 Å². The zero-order valence-corrected chi connectivity index (χ0v) is 10.2. The Morgan fingerprint density at radius 1 is 1.17 bits per heavy atom. The minimum atomic E-state index is 0.590. The van der Waals surface area contributed by atoms with Gasteiger partial charge in [0.05, 0.1) is 18.2 Å². The SMILES string of the molecule is COCc1ccc(-c2ccc(N)cc2C#N)cc1. The average Bonchev–Trinajstić information content (AvgIpc) is 2.40. The number of methoxy groups -OCH3 is 1. The van der Waals surface area contributed by atoms with Gasteiger partial charge in [0.1, 0.15) is 0 Å². The van der Waals surface area contributed by atoms with Crippen molar-refractivity contribution in [3.05, 3.63) is 53.6 Å². The molecule has 0 aliphatic carbocycles. The maximum Gasteiger partial charge on any atom is 0.0998 e. The number of nitrogen functional groups attached to an aromatic ring is 1. The van der Waals surface area contributed by atoms with Gasteiger partial charge in [-0.05, 0) is 28.8 Å². The number of benzene rings is 2. The number of hydrogen-bond acceptors (Lipinski definition) is 3. The summed E-state index contributed by atoms with van der Waals surface area (Å²) in [5.74, 6) is 0. The summed E-state index contributed by atoms with van der Waals surface area (Å²) in [4.78, 5) is 0. The minimum Gasteiger partial charge on any atom is -0.399 e. The smallest absolute Gasteiger partial charge is 0.0998 e. The fraction of sp³-hybridized carbons (Fsp3) is 0.133. The van der Waals surface area contributed by atoms with Gasteiger partial charge in [0.2, 0.25) is 0 Å². The lowest BCUT2D eigenvalue weighted by atomic mass is 9.99. The Morgan fingerprint density at radius 2 is 1.89 bits per heavy atom. The van der Waals surface area contributed by atoms with Crippen molar-refractivity contribution in [3.63, 3.8) is 0 Å². The van der Waals surface area contributed by atoms with E-state index in [0.717, 1.165) is 16.7 Å². The van der Waals surface area contributed by atoms with Crippen LogP contribution in [0.25, 0.3) is 11.1 Å². The Kier molecular flexibility index (Phi) is 3.61. The summed E-state index contributed by atoms with van der Waals surface area (Å²) in [6, 6.07) is 15.5. The third-order valence-electron chi connectivity index (χ3n) is 2.74. The van der Waals surface area contributed by atoms with Crippen LogP contribution in [0.1, 0.15) is 11.1 Å². The molecule has 0 radical (unpaired) electrons. The predicted molar refractivity (Wildman–Crippen MR) is 71.7 cm³/mol. The summed E-state index contributed by atoms with van der Waals surface area (Å²) < 4.78 is 5.07. The third-order valence-corrected chi connectivity index (χ3v) is 2.74. The number of anilines is 1. The number of rotatable bonds is 3. The summed E-state index contributed by atoms with van der Waals surface area (Å²) in [6.07, 6.45) is 0. The minimum absolute atomic E-state index is 0.590. The predicted octanol–water partition coefficient (Wildman–Crippen LogP) is 2.95. The van der Waals surface area contributed by atoms with Crippen LogP contribution in [0.5, 0.6) is 0 Å². The molecule has 0 aliphatic rings. The van der Waals surface area contributed by atoms with Crippen molar-refractivity contribution >= 4 is 5.69 Å². The topological polar surface area (TPSA) is 59.0 Å². The van der Waals surface area contributed by atoms with Crippen LogP contribution in [0.15, 0.2) is 42.5 Å². The fourth-order valence-electron chi connectivity index (χ4n) is 1.85. The highest BCUT2D eigenvalue weighted by atomic mass is 16.5. The van der Waals surface area contributed by atoms with E-state index in [-0.39, 0.29) is 0 Å². The summed E-state index contributed by atoms with van der Waals surface area (Å²) in [7, 11) is 1.67. The Morgan fingerprint density at radius 3 is 2.50 bits per heavy atom. The van der Waals surface area contributed by atoms with E-state index in [2.05, 4.69) is 6.07 Å². The van der Waals surface area contributed by atoms with Crippen molar-refractivity contribution in [2.45, 2.75) is 6.61 Å². The van der Waals surface area contributed by atoms with Gasteiger partial charge in [-0.2, -0.15) is 5.26 Å². The first-order valence-electron chi connectivity index (χ1n) is 5.62. The Hall–Kier alpha value is -2.31. The first-order valence-corrected chi connectivity index (χ1v) is 5.62. The monoisotopic (exact) mass is 238 g/mol. The molecule has 2 aromatic rings. The lowest BCUT2D eigenvalue weighted by Crippen LogP contribution is -1.91. The molecule has 0 atom stereocenters. The Balaban J connectivity index is 2.40. The van der Waals surface area contributed by atoms with Gasteiger partial charge in [0.15, 0.2) is 0 Å². The molecule has 0 aromatic heterocycles. The number of nitriles is 1. The van der Waals surface area contributed by atoms with Crippen molar-refractivity contribution in [1.29, 1.82) is 5.26 Å². The molecule has 3 heteroatoms. The van der Waals surface area contributed by atoms with E-state index >= 15 is 0 Å². The van der Waals surface area contributed by atoms with Gasteiger partial charge in [-0.25, -0.2) is 0 Å². The van der Waals surface area contributed by atoms with Crippen molar-refractivity contribution in [3.8, 4) is 17.2 Å². The zero-order chi connectivity index (χ0) is 13.0. The van der Waals surface area contributed by atoms with Gasteiger partial charge in [0, 0.05) is 12.8 Å². The summed E-state index contributed by atoms with van der Waals surface area (Å²) in [6.45, 7) is 0.590. The Labute approximate surface area is 106 Å². The maximum absolute atomic E-state index is 9.12. The molecule has 2 rings (SSSR count). The first-order chi connectivity index (χ1) is 8.74. The van der Waals surface area contributed by atoms with Crippen LogP contribution < -0.4 is 5.73 Å². The average molecular weight is 238 g/mol. The van der Waals surface area contributed by atoms with Crippen LogP contribution in [0.2, 0.25) is 0 Å². The quantitative estimate of drug-likeness (QED) is 0.836. The van der Waals surface area contributed by atoms with Crippen LogP contribution in [0.3, 0.4) is 0 Å². The molecule has 0 saturated heterocycles. The molecular formula is C15H14N2O. The highest BCUT2D eigenvalue weighted by molar-refractivity contribution is 5.73. The molecular weight excluding hydrogens is 224 g/mol.